The molecule has 1 aliphatic carbocycles. The number of hydrogen-bond donors (Lipinski definition) is 4. The number of nitrogens with one attached hydrogen (secondary N) is 3. The van der Waals surface area contributed by atoms with Crippen molar-refractivity contribution in [3.05, 3.63) is 193 Å². The molecule has 4 aromatic carbocycles. The molecule has 5 N–H and O–H groups in total. The maximum atomic E-state index is 13.8. The third kappa shape index (κ3) is 13.8. The average Bonchev–Trinajstić information content (AvgIpc) is 4.12. The first-order valence-corrected chi connectivity index (χ1v) is 24.4. The number of rotatable bonds is 19. The largest absolute Gasteiger partial charge is 0.465 e. The average molecular weight is 1010 g/mol. The molecule has 382 valence electrons. The van der Waals surface area contributed by atoms with E-state index < -0.39 is 36.0 Å². The van der Waals surface area contributed by atoms with Crippen LogP contribution in [-0.2, 0) is 59.3 Å². The quantitative estimate of drug-likeness (QED) is 0.0451. The first-order chi connectivity index (χ1) is 36.6. The van der Waals surface area contributed by atoms with Crippen molar-refractivity contribution in [2.75, 3.05) is 30.5 Å². The Morgan fingerprint density at radius 1 is 0.560 bits per heavy atom. The zero-order chi connectivity index (χ0) is 52.5. The number of nitrogens with zero attached hydrogens (tertiary/aromatic N) is 6. The second-order valence-corrected chi connectivity index (χ2v) is 17.2. The highest BCUT2D eigenvalue weighted by molar-refractivity contribution is 5.97. The maximum absolute atomic E-state index is 13.8. The van der Waals surface area contributed by atoms with Gasteiger partial charge in [-0.2, -0.15) is 10.2 Å². The van der Waals surface area contributed by atoms with Crippen LogP contribution in [0.1, 0.15) is 42.0 Å². The van der Waals surface area contributed by atoms with Crippen molar-refractivity contribution in [2.24, 2.45) is 5.73 Å². The Hall–Kier alpha value is -9.29. The van der Waals surface area contributed by atoms with Crippen molar-refractivity contribution in [1.82, 2.24) is 34.8 Å². The molecule has 9 rings (SSSR count). The molecule has 75 heavy (non-hydrogen) atoms. The van der Waals surface area contributed by atoms with Crippen LogP contribution in [0.15, 0.2) is 170 Å². The monoisotopic (exact) mass is 1010 g/mol. The SMILES string of the molecule is CCOC(=O)Cn1nc(-c2ccncc2)cc1NC(=O)[C@@H](N)Cc1ccccc1.CCOC(=O)Cn1nc(-c2ccncc2)cc1NC(=O)[C@H](Cc1ccccc1)NC(=O)OCC1c2ccccc2-c2ccccc21. The van der Waals surface area contributed by atoms with Gasteiger partial charge in [-0.15, -0.1) is 0 Å². The lowest BCUT2D eigenvalue weighted by molar-refractivity contribution is -0.144. The summed E-state index contributed by atoms with van der Waals surface area (Å²) in [5.74, 6) is -1.27. The van der Waals surface area contributed by atoms with E-state index >= 15 is 0 Å². The number of esters is 2. The third-order valence-electron chi connectivity index (χ3n) is 12.1. The number of ether oxygens (including phenoxy) is 3. The number of carbonyl (C=O) groups is 5. The van der Waals surface area contributed by atoms with Crippen molar-refractivity contribution < 1.29 is 38.2 Å². The Morgan fingerprint density at radius 3 is 1.48 bits per heavy atom. The highest BCUT2D eigenvalue weighted by Crippen LogP contribution is 2.44. The fourth-order valence-electron chi connectivity index (χ4n) is 8.50. The first kappa shape index (κ1) is 52.0. The van der Waals surface area contributed by atoms with Gasteiger partial charge in [0.15, 0.2) is 0 Å². The summed E-state index contributed by atoms with van der Waals surface area (Å²) in [7, 11) is 0. The van der Waals surface area contributed by atoms with Gasteiger partial charge in [-0.25, -0.2) is 14.2 Å². The smallest absolute Gasteiger partial charge is 0.407 e. The molecule has 18 heteroatoms. The number of nitrogens with two attached hydrogens (primary N) is 1. The fraction of sp³-hybridized carbons (Fsp3) is 0.211. The van der Waals surface area contributed by atoms with Gasteiger partial charge < -0.3 is 35.9 Å². The standard InChI is InChI=1S/C36H33N5O5.C21H23N5O3/c1-2-45-34(42)22-41-33(21-31(40-41)25-16-18-37-19-17-25)39-35(43)32(20-24-10-4-3-5-11-24)38-36(44)46-23-30-28-14-8-6-12-26(28)27-13-7-9-15-29(27)30;1-2-29-20(27)14-26-19(13-18(25-26)16-8-10-23-11-9-16)24-21(28)17(22)12-15-6-4-3-5-7-15/h3-19,21,30,32H,2,20,22-23H2,1H3,(H,38,44)(H,39,43);3-11,13,17H,2,12,14,22H2,1H3,(H,24,28)/t32-;17-/m00/s1. The van der Waals surface area contributed by atoms with Crippen molar-refractivity contribution >= 4 is 41.5 Å². The molecule has 4 heterocycles. The minimum atomic E-state index is -0.992. The Morgan fingerprint density at radius 2 is 1.00 bits per heavy atom. The topological polar surface area (TPSA) is 237 Å². The van der Waals surface area contributed by atoms with E-state index in [-0.39, 0.29) is 57.0 Å². The summed E-state index contributed by atoms with van der Waals surface area (Å²) in [6.45, 7) is 3.70. The number of pyridine rings is 2. The van der Waals surface area contributed by atoms with Gasteiger partial charge >= 0.3 is 18.0 Å². The van der Waals surface area contributed by atoms with E-state index in [1.807, 2.05) is 97.1 Å². The third-order valence-corrected chi connectivity index (χ3v) is 12.1. The number of aromatic nitrogens is 6. The van der Waals surface area contributed by atoms with Crippen LogP contribution in [0.3, 0.4) is 0 Å². The second-order valence-electron chi connectivity index (χ2n) is 17.2. The highest BCUT2D eigenvalue weighted by Gasteiger charge is 2.31. The molecule has 0 radical (unpaired) electrons. The minimum Gasteiger partial charge on any atom is -0.465 e. The van der Waals surface area contributed by atoms with E-state index in [1.54, 1.807) is 75.0 Å². The van der Waals surface area contributed by atoms with Crippen molar-refractivity contribution in [3.63, 3.8) is 0 Å². The Kier molecular flexibility index (Phi) is 17.6. The van der Waals surface area contributed by atoms with Gasteiger partial charge in [0.2, 0.25) is 11.8 Å². The van der Waals surface area contributed by atoms with Crippen molar-refractivity contribution in [3.8, 4) is 33.6 Å². The van der Waals surface area contributed by atoms with E-state index in [0.29, 0.717) is 23.6 Å². The van der Waals surface area contributed by atoms with Crippen LogP contribution in [0.2, 0.25) is 0 Å². The molecular weight excluding hydrogens is 953 g/mol. The van der Waals surface area contributed by atoms with E-state index in [2.05, 4.69) is 48.2 Å². The van der Waals surface area contributed by atoms with E-state index in [0.717, 1.165) is 44.5 Å². The van der Waals surface area contributed by atoms with Gasteiger partial charge in [-0.3, -0.25) is 29.1 Å². The second kappa shape index (κ2) is 25.4. The van der Waals surface area contributed by atoms with Gasteiger partial charge in [0.1, 0.15) is 37.4 Å². The summed E-state index contributed by atoms with van der Waals surface area (Å²) in [4.78, 5) is 72.0. The van der Waals surface area contributed by atoms with Gasteiger partial charge in [-0.1, -0.05) is 109 Å². The predicted molar refractivity (Wildman–Crippen MR) is 282 cm³/mol. The number of carbonyl (C=O) groups excluding carboxylic acids is 5. The van der Waals surface area contributed by atoms with Crippen LogP contribution in [-0.4, -0.2) is 91.3 Å². The number of anilines is 2. The van der Waals surface area contributed by atoms with E-state index in [9.17, 15) is 24.0 Å². The molecule has 8 aromatic rings. The zero-order valence-corrected chi connectivity index (χ0v) is 41.4. The summed E-state index contributed by atoms with van der Waals surface area (Å²) < 4.78 is 18.7. The van der Waals surface area contributed by atoms with Crippen LogP contribution < -0.4 is 21.7 Å². The molecule has 0 aliphatic heterocycles. The zero-order valence-electron chi connectivity index (χ0n) is 41.4. The molecule has 0 unspecified atom stereocenters. The van der Waals surface area contributed by atoms with Crippen molar-refractivity contribution in [1.29, 1.82) is 0 Å². The summed E-state index contributed by atoms with van der Waals surface area (Å²) in [6, 6.07) is 43.9. The van der Waals surface area contributed by atoms with Crippen LogP contribution in [0.4, 0.5) is 16.4 Å². The van der Waals surface area contributed by atoms with Gasteiger partial charge in [0.25, 0.3) is 0 Å². The van der Waals surface area contributed by atoms with Crippen LogP contribution in [0.5, 0.6) is 0 Å². The molecular formula is C57H56N10O8. The highest BCUT2D eigenvalue weighted by atomic mass is 16.6. The van der Waals surface area contributed by atoms with Crippen molar-refractivity contribution in [2.45, 2.75) is 57.8 Å². The lowest BCUT2D eigenvalue weighted by atomic mass is 9.98. The van der Waals surface area contributed by atoms with E-state index in [1.165, 1.54) is 9.36 Å². The van der Waals surface area contributed by atoms with Gasteiger partial charge in [-0.05, 0) is 77.9 Å². The molecule has 0 bridgehead atoms. The normalized spacial score (nSPS) is 12.1. The fourth-order valence-corrected chi connectivity index (χ4v) is 8.50. The molecule has 2 atom stereocenters. The summed E-state index contributed by atoms with van der Waals surface area (Å²) in [6.07, 6.45) is 6.45. The van der Waals surface area contributed by atoms with Crippen LogP contribution in [0.25, 0.3) is 33.6 Å². The molecule has 1 aliphatic rings. The Balaban J connectivity index is 0.000000222. The van der Waals surface area contributed by atoms with E-state index in [4.69, 9.17) is 19.9 Å². The molecule has 0 fully saturated rings. The summed E-state index contributed by atoms with van der Waals surface area (Å²) >= 11 is 0. The number of amides is 3. The minimum absolute atomic E-state index is 0.112. The summed E-state index contributed by atoms with van der Waals surface area (Å²) in [5.41, 5.74) is 15.0. The Bertz CT molecular complexity index is 3160. The van der Waals surface area contributed by atoms with Crippen LogP contribution in [0, 0.1) is 0 Å². The number of hydrogen-bond acceptors (Lipinski definition) is 13. The molecule has 4 aromatic heterocycles. The van der Waals surface area contributed by atoms with Gasteiger partial charge in [0.05, 0.1) is 30.6 Å². The molecule has 3 amide bonds. The van der Waals surface area contributed by atoms with Crippen LogP contribution >= 0.6 is 0 Å². The predicted octanol–water partition coefficient (Wildman–Crippen LogP) is 7.61. The first-order valence-electron chi connectivity index (χ1n) is 24.4. The number of fused-ring (bicyclic) bond motifs is 3. The maximum Gasteiger partial charge on any atom is 0.407 e. The number of benzene rings is 4. The lowest BCUT2D eigenvalue weighted by Gasteiger charge is -2.20. The number of alkyl carbamates (subject to hydrolysis) is 1. The lowest BCUT2D eigenvalue weighted by Crippen LogP contribution is -2.46. The summed E-state index contributed by atoms with van der Waals surface area (Å²) in [5, 5.41) is 17.4. The molecule has 0 saturated carbocycles. The van der Waals surface area contributed by atoms with Gasteiger partial charge in [0, 0.05) is 60.4 Å². The molecule has 0 spiro atoms. The molecule has 18 nitrogen and oxygen atoms in total. The molecule has 0 saturated heterocycles. The Labute approximate surface area is 433 Å².